The zero-order valence-corrected chi connectivity index (χ0v) is 19.9. The Kier molecular flexibility index (Phi) is 6.64. The van der Waals surface area contributed by atoms with Gasteiger partial charge in [-0.25, -0.2) is 9.59 Å². The average molecular weight is 465 g/mol. The normalized spacial score (nSPS) is 20.1. The molecule has 2 aromatic rings. The second-order valence-corrected chi connectivity index (χ2v) is 9.82. The minimum absolute atomic E-state index is 0.0775. The van der Waals surface area contributed by atoms with Crippen molar-refractivity contribution in [1.29, 1.82) is 0 Å². The number of hydrogen-bond donors (Lipinski definition) is 2. The number of amides is 2. The van der Waals surface area contributed by atoms with E-state index in [2.05, 4.69) is 17.4 Å². The quantitative estimate of drug-likeness (QED) is 0.633. The van der Waals surface area contributed by atoms with Gasteiger partial charge in [-0.3, -0.25) is 4.79 Å². The van der Waals surface area contributed by atoms with Gasteiger partial charge >= 0.3 is 12.1 Å². The van der Waals surface area contributed by atoms with Crippen LogP contribution in [0.25, 0.3) is 11.1 Å². The molecule has 34 heavy (non-hydrogen) atoms. The Labute approximate surface area is 200 Å². The number of carbonyl (C=O) groups is 3. The van der Waals surface area contributed by atoms with Crippen molar-refractivity contribution in [3.05, 3.63) is 59.7 Å². The lowest BCUT2D eigenvalue weighted by molar-refractivity contribution is -0.156. The third-order valence-electron chi connectivity index (χ3n) is 7.01. The van der Waals surface area contributed by atoms with E-state index >= 15 is 0 Å². The van der Waals surface area contributed by atoms with Crippen LogP contribution >= 0.6 is 0 Å². The van der Waals surface area contributed by atoms with E-state index in [4.69, 9.17) is 4.74 Å². The largest absolute Gasteiger partial charge is 0.480 e. The molecule has 4 rings (SSSR count). The summed E-state index contributed by atoms with van der Waals surface area (Å²) in [5, 5.41) is 12.4. The Balaban J connectivity index is 1.46. The molecule has 7 heteroatoms. The molecule has 7 nitrogen and oxygen atoms in total. The number of carboxylic acid groups (broad SMARTS) is 1. The maximum absolute atomic E-state index is 13.3. The van der Waals surface area contributed by atoms with Gasteiger partial charge in [-0.05, 0) is 54.4 Å². The van der Waals surface area contributed by atoms with Crippen LogP contribution in [0.3, 0.4) is 0 Å². The fourth-order valence-electron chi connectivity index (χ4n) is 5.20. The van der Waals surface area contributed by atoms with Crippen LogP contribution in [0.4, 0.5) is 4.79 Å². The number of ether oxygens (including phenoxy) is 1. The number of benzene rings is 2. The molecule has 1 unspecified atom stereocenters. The molecule has 0 saturated carbocycles. The number of nitrogens with zero attached hydrogens (tertiary/aromatic N) is 1. The highest BCUT2D eigenvalue weighted by atomic mass is 16.5. The summed E-state index contributed by atoms with van der Waals surface area (Å²) in [6, 6.07) is 15.3. The van der Waals surface area contributed by atoms with E-state index in [1.807, 2.05) is 50.2 Å². The molecule has 2 aliphatic rings. The number of fused-ring (bicyclic) bond motifs is 3. The van der Waals surface area contributed by atoms with E-state index in [-0.39, 0.29) is 24.3 Å². The van der Waals surface area contributed by atoms with E-state index in [0.717, 1.165) is 22.3 Å². The number of aliphatic carboxylic acids is 1. The number of rotatable bonds is 7. The van der Waals surface area contributed by atoms with Crippen molar-refractivity contribution in [2.24, 2.45) is 5.92 Å². The van der Waals surface area contributed by atoms with Gasteiger partial charge in [0.25, 0.3) is 0 Å². The molecular formula is C27H32N2O5. The molecule has 0 bridgehead atoms. The minimum atomic E-state index is -1.25. The van der Waals surface area contributed by atoms with Crippen LogP contribution < -0.4 is 5.32 Å². The van der Waals surface area contributed by atoms with Gasteiger partial charge in [-0.2, -0.15) is 0 Å². The predicted octanol–water partition coefficient (Wildman–Crippen LogP) is 4.41. The molecule has 2 amide bonds. The molecule has 0 radical (unpaired) electrons. The van der Waals surface area contributed by atoms with Crippen molar-refractivity contribution >= 4 is 18.0 Å². The van der Waals surface area contributed by atoms with Gasteiger partial charge < -0.3 is 20.1 Å². The maximum atomic E-state index is 13.3. The van der Waals surface area contributed by atoms with Crippen LogP contribution in [-0.2, 0) is 14.3 Å². The van der Waals surface area contributed by atoms with Crippen molar-refractivity contribution in [2.75, 3.05) is 13.2 Å². The Morgan fingerprint density at radius 1 is 1.09 bits per heavy atom. The molecule has 1 aliphatic carbocycles. The van der Waals surface area contributed by atoms with E-state index in [9.17, 15) is 19.5 Å². The fraction of sp³-hybridized carbons (Fsp3) is 0.444. The highest BCUT2D eigenvalue weighted by Crippen LogP contribution is 2.44. The van der Waals surface area contributed by atoms with Gasteiger partial charge in [-0.1, -0.05) is 62.4 Å². The number of nitrogens with one attached hydrogen (secondary N) is 1. The molecule has 0 aromatic heterocycles. The summed E-state index contributed by atoms with van der Waals surface area (Å²) in [5.74, 6) is -1.35. The monoisotopic (exact) mass is 464 g/mol. The highest BCUT2D eigenvalue weighted by Gasteiger charge is 2.47. The Morgan fingerprint density at radius 3 is 2.24 bits per heavy atom. The molecule has 1 saturated heterocycles. The summed E-state index contributed by atoms with van der Waals surface area (Å²) >= 11 is 0. The van der Waals surface area contributed by atoms with Crippen LogP contribution in [-0.4, -0.2) is 52.7 Å². The van der Waals surface area contributed by atoms with Gasteiger partial charge in [0.1, 0.15) is 18.2 Å². The van der Waals surface area contributed by atoms with Crippen molar-refractivity contribution in [3.63, 3.8) is 0 Å². The number of alkyl carbamates (subject to hydrolysis) is 1. The number of carbonyl (C=O) groups excluding carboxylic acids is 2. The van der Waals surface area contributed by atoms with E-state index in [0.29, 0.717) is 25.8 Å². The minimum Gasteiger partial charge on any atom is -0.480 e. The summed E-state index contributed by atoms with van der Waals surface area (Å²) in [7, 11) is 0. The molecule has 1 aliphatic heterocycles. The summed E-state index contributed by atoms with van der Waals surface area (Å²) in [5.41, 5.74) is 3.25. The van der Waals surface area contributed by atoms with Gasteiger partial charge in [0, 0.05) is 12.5 Å². The summed E-state index contributed by atoms with van der Waals surface area (Å²) in [6.45, 7) is 6.00. The summed E-state index contributed by atoms with van der Waals surface area (Å²) in [4.78, 5) is 39.4. The maximum Gasteiger partial charge on any atom is 0.407 e. The lowest BCUT2D eigenvalue weighted by Gasteiger charge is -2.34. The van der Waals surface area contributed by atoms with Gasteiger partial charge in [0.2, 0.25) is 5.91 Å². The van der Waals surface area contributed by atoms with Crippen LogP contribution in [0.5, 0.6) is 0 Å². The first-order valence-electron chi connectivity index (χ1n) is 11.9. The second-order valence-electron chi connectivity index (χ2n) is 9.82. The zero-order chi connectivity index (χ0) is 24.5. The highest BCUT2D eigenvalue weighted by molar-refractivity contribution is 5.91. The first kappa shape index (κ1) is 23.8. The van der Waals surface area contributed by atoms with E-state index < -0.39 is 23.6 Å². The van der Waals surface area contributed by atoms with Crippen molar-refractivity contribution in [3.8, 4) is 11.1 Å². The summed E-state index contributed by atoms with van der Waals surface area (Å²) < 4.78 is 5.63. The predicted molar refractivity (Wildman–Crippen MR) is 128 cm³/mol. The number of likely N-dealkylation sites (tertiary alicyclic amines) is 1. The van der Waals surface area contributed by atoms with Crippen LogP contribution in [0.1, 0.15) is 57.1 Å². The lowest BCUT2D eigenvalue weighted by Crippen LogP contribution is -2.57. The van der Waals surface area contributed by atoms with Gasteiger partial charge in [-0.15, -0.1) is 0 Å². The molecular weight excluding hydrogens is 432 g/mol. The standard InChI is InChI=1S/C27H32N2O5/c1-17(2)15-23(24(30)29-14-8-13-27(29,3)25(31)32)28-26(33)34-16-22-20-11-6-4-9-18(20)19-10-5-7-12-21(19)22/h4-7,9-12,17,22-23H,8,13-16H2,1-3H3,(H,28,33)(H,31,32)/t23?,27-/m0/s1. The number of hydrogen-bond acceptors (Lipinski definition) is 4. The molecule has 0 spiro atoms. The Bertz CT molecular complexity index is 1050. The smallest absolute Gasteiger partial charge is 0.407 e. The molecule has 2 aromatic carbocycles. The second kappa shape index (κ2) is 9.49. The van der Waals surface area contributed by atoms with Crippen molar-refractivity contribution in [1.82, 2.24) is 10.2 Å². The van der Waals surface area contributed by atoms with E-state index in [1.54, 1.807) is 6.92 Å². The first-order valence-corrected chi connectivity index (χ1v) is 11.9. The van der Waals surface area contributed by atoms with E-state index in [1.165, 1.54) is 4.90 Å². The van der Waals surface area contributed by atoms with Crippen molar-refractivity contribution < 1.29 is 24.2 Å². The van der Waals surface area contributed by atoms with Gasteiger partial charge in [0.15, 0.2) is 0 Å². The molecule has 1 fully saturated rings. The first-order chi connectivity index (χ1) is 16.2. The van der Waals surface area contributed by atoms with Crippen molar-refractivity contribution in [2.45, 2.75) is 57.5 Å². The topological polar surface area (TPSA) is 95.9 Å². The lowest BCUT2D eigenvalue weighted by atomic mass is 9.97. The molecule has 1 heterocycles. The number of carboxylic acids is 1. The average Bonchev–Trinajstić information content (AvgIpc) is 3.35. The van der Waals surface area contributed by atoms with Crippen LogP contribution in [0.2, 0.25) is 0 Å². The summed E-state index contributed by atoms with van der Waals surface area (Å²) in [6.07, 6.45) is 0.744. The van der Waals surface area contributed by atoms with Gasteiger partial charge in [0.05, 0.1) is 0 Å². The third kappa shape index (κ3) is 4.39. The SMILES string of the molecule is CC(C)CC(NC(=O)OCC1c2ccccc2-c2ccccc21)C(=O)N1CCC[C@@]1(C)C(=O)O. The Hall–Kier alpha value is -3.35. The van der Waals surface area contributed by atoms with Crippen LogP contribution in [0.15, 0.2) is 48.5 Å². The Morgan fingerprint density at radius 2 is 1.68 bits per heavy atom. The molecule has 180 valence electrons. The third-order valence-corrected chi connectivity index (χ3v) is 7.01. The zero-order valence-electron chi connectivity index (χ0n) is 19.9. The van der Waals surface area contributed by atoms with Crippen LogP contribution in [0, 0.1) is 5.92 Å². The molecule has 2 N–H and O–H groups in total. The molecule has 2 atom stereocenters. The fourth-order valence-corrected chi connectivity index (χ4v) is 5.20.